The minimum atomic E-state index is -2.86. The maximum atomic E-state index is 11.8. The van der Waals surface area contributed by atoms with Crippen molar-refractivity contribution in [1.82, 2.24) is 9.55 Å². The van der Waals surface area contributed by atoms with Crippen molar-refractivity contribution < 1.29 is 8.42 Å². The zero-order valence-corrected chi connectivity index (χ0v) is 15.4. The molecule has 1 fully saturated rings. The molecule has 0 radical (unpaired) electrons. The highest BCUT2D eigenvalue weighted by molar-refractivity contribution is 7.91. The molecule has 0 bridgehead atoms. The molecule has 134 valence electrons. The quantitative estimate of drug-likeness (QED) is 0.691. The van der Waals surface area contributed by atoms with Gasteiger partial charge in [-0.3, -0.25) is 0 Å². The van der Waals surface area contributed by atoms with Gasteiger partial charge in [0.05, 0.1) is 22.5 Å². The maximum absolute atomic E-state index is 11.8. The third-order valence-electron chi connectivity index (χ3n) is 4.93. The van der Waals surface area contributed by atoms with Gasteiger partial charge in [0.15, 0.2) is 9.84 Å². The van der Waals surface area contributed by atoms with Crippen LogP contribution in [0.15, 0.2) is 60.7 Å². The van der Waals surface area contributed by atoms with Gasteiger partial charge in [0.1, 0.15) is 5.82 Å². The summed E-state index contributed by atoms with van der Waals surface area (Å²) in [6.45, 7) is 0.726. The lowest BCUT2D eigenvalue weighted by Gasteiger charge is -2.10. The average Bonchev–Trinajstić information content (AvgIpc) is 3.16. The van der Waals surface area contributed by atoms with Gasteiger partial charge >= 0.3 is 0 Å². The van der Waals surface area contributed by atoms with E-state index in [-0.39, 0.29) is 11.7 Å². The minimum absolute atomic E-state index is 0.175. The van der Waals surface area contributed by atoms with Crippen LogP contribution in [0.3, 0.4) is 0 Å². The molecule has 3 aromatic rings. The number of fused-ring (bicyclic) bond motifs is 1. The first kappa shape index (κ1) is 17.0. The van der Waals surface area contributed by atoms with Gasteiger partial charge in [-0.05, 0) is 30.0 Å². The summed E-state index contributed by atoms with van der Waals surface area (Å²) in [6.07, 6.45) is 5.70. The number of rotatable bonds is 5. The Morgan fingerprint density at radius 2 is 1.85 bits per heavy atom. The third kappa shape index (κ3) is 3.73. The van der Waals surface area contributed by atoms with Crippen molar-refractivity contribution in [2.45, 2.75) is 19.4 Å². The highest BCUT2D eigenvalue weighted by Gasteiger charge is 2.29. The number of imidazole rings is 1. The van der Waals surface area contributed by atoms with Crippen LogP contribution in [0.2, 0.25) is 0 Å². The Hall–Kier alpha value is -2.40. The van der Waals surface area contributed by atoms with Gasteiger partial charge in [-0.15, -0.1) is 0 Å². The first-order valence-corrected chi connectivity index (χ1v) is 10.8. The summed E-state index contributed by atoms with van der Waals surface area (Å²) >= 11 is 0. The zero-order chi connectivity index (χ0) is 18.0. The third-order valence-corrected chi connectivity index (χ3v) is 6.77. The molecular weight excluding hydrogens is 344 g/mol. The number of aromatic nitrogens is 2. The standard InChI is InChI=1S/C21H22N2O2S/c24-26(25)14-12-18(16-26)15-21-22-19-10-4-5-11-20(19)23(21)13-6-9-17-7-2-1-3-8-17/h1-11,18H,12-16H2/b9-6+. The van der Waals surface area contributed by atoms with Crippen LogP contribution >= 0.6 is 0 Å². The van der Waals surface area contributed by atoms with Crippen molar-refractivity contribution in [3.05, 3.63) is 72.1 Å². The fraction of sp³-hybridized carbons (Fsp3) is 0.286. The van der Waals surface area contributed by atoms with Gasteiger partial charge in [0, 0.05) is 13.0 Å². The van der Waals surface area contributed by atoms with E-state index in [1.165, 1.54) is 5.56 Å². The van der Waals surface area contributed by atoms with E-state index in [0.717, 1.165) is 29.8 Å². The van der Waals surface area contributed by atoms with E-state index in [0.29, 0.717) is 12.2 Å². The molecule has 1 aromatic heterocycles. The van der Waals surface area contributed by atoms with Gasteiger partial charge < -0.3 is 4.57 Å². The predicted molar refractivity (Wildman–Crippen MR) is 106 cm³/mol. The number of benzene rings is 2. The lowest BCUT2D eigenvalue weighted by atomic mass is 10.1. The van der Waals surface area contributed by atoms with Crippen molar-refractivity contribution in [3.8, 4) is 0 Å². The number of hydrogen-bond donors (Lipinski definition) is 0. The molecule has 1 atom stereocenters. The lowest BCUT2D eigenvalue weighted by molar-refractivity contribution is 0.555. The van der Waals surface area contributed by atoms with Gasteiger partial charge in [-0.25, -0.2) is 13.4 Å². The Morgan fingerprint density at radius 1 is 1.08 bits per heavy atom. The molecule has 4 nitrogen and oxygen atoms in total. The number of allylic oxidation sites excluding steroid dienone is 1. The van der Waals surface area contributed by atoms with Gasteiger partial charge in [-0.1, -0.05) is 54.6 Å². The van der Waals surface area contributed by atoms with Crippen LogP contribution in [0.4, 0.5) is 0 Å². The first-order valence-electron chi connectivity index (χ1n) is 8.97. The average molecular weight is 366 g/mol. The first-order chi connectivity index (χ1) is 12.6. The molecule has 1 aliphatic rings. The fourth-order valence-corrected chi connectivity index (χ4v) is 5.50. The van der Waals surface area contributed by atoms with Gasteiger partial charge in [-0.2, -0.15) is 0 Å². The van der Waals surface area contributed by atoms with E-state index >= 15 is 0 Å². The highest BCUT2D eigenvalue weighted by Crippen LogP contribution is 2.25. The Kier molecular flexibility index (Phi) is 4.64. The molecule has 26 heavy (non-hydrogen) atoms. The molecule has 4 rings (SSSR count). The summed E-state index contributed by atoms with van der Waals surface area (Å²) in [5, 5.41) is 0. The topological polar surface area (TPSA) is 52.0 Å². The van der Waals surface area contributed by atoms with Crippen LogP contribution in [-0.4, -0.2) is 29.5 Å². The van der Waals surface area contributed by atoms with E-state index < -0.39 is 9.84 Å². The molecule has 1 saturated heterocycles. The van der Waals surface area contributed by atoms with E-state index in [2.05, 4.69) is 34.9 Å². The predicted octanol–water partition coefficient (Wildman–Crippen LogP) is 3.73. The number of nitrogens with zero attached hydrogens (tertiary/aromatic N) is 2. The molecule has 1 unspecified atom stereocenters. The normalized spacial score (nSPS) is 19.5. The highest BCUT2D eigenvalue weighted by atomic mass is 32.2. The summed E-state index contributed by atoms with van der Waals surface area (Å²) in [7, 11) is -2.86. The molecule has 0 saturated carbocycles. The smallest absolute Gasteiger partial charge is 0.150 e. The second kappa shape index (κ2) is 7.08. The Balaban J connectivity index is 1.60. The largest absolute Gasteiger partial charge is 0.324 e. The Morgan fingerprint density at radius 3 is 2.62 bits per heavy atom. The van der Waals surface area contributed by atoms with Crippen molar-refractivity contribution in [1.29, 1.82) is 0 Å². The van der Waals surface area contributed by atoms with Crippen molar-refractivity contribution in [2.24, 2.45) is 5.92 Å². The van der Waals surface area contributed by atoms with Crippen LogP contribution in [-0.2, 0) is 22.8 Å². The number of sulfone groups is 1. The molecule has 1 aliphatic heterocycles. The van der Waals surface area contributed by atoms with Gasteiger partial charge in [0.2, 0.25) is 0 Å². The molecule has 2 heterocycles. The van der Waals surface area contributed by atoms with Crippen LogP contribution in [0.5, 0.6) is 0 Å². The zero-order valence-electron chi connectivity index (χ0n) is 14.6. The monoisotopic (exact) mass is 366 g/mol. The molecule has 5 heteroatoms. The van der Waals surface area contributed by atoms with Crippen molar-refractivity contribution in [3.63, 3.8) is 0 Å². The minimum Gasteiger partial charge on any atom is -0.324 e. The molecule has 0 N–H and O–H groups in total. The van der Waals surface area contributed by atoms with Crippen molar-refractivity contribution >= 4 is 26.9 Å². The summed E-state index contributed by atoms with van der Waals surface area (Å²) in [6, 6.07) is 18.3. The second-order valence-electron chi connectivity index (χ2n) is 6.91. The Labute approximate surface area is 154 Å². The fourth-order valence-electron chi connectivity index (χ4n) is 3.63. The summed E-state index contributed by atoms with van der Waals surface area (Å²) in [5.41, 5.74) is 3.23. The molecule has 0 spiro atoms. The summed E-state index contributed by atoms with van der Waals surface area (Å²) < 4.78 is 25.8. The van der Waals surface area contributed by atoms with E-state index in [1.807, 2.05) is 36.4 Å². The van der Waals surface area contributed by atoms with Gasteiger partial charge in [0.25, 0.3) is 0 Å². The molecular formula is C21H22N2O2S. The van der Waals surface area contributed by atoms with Crippen molar-refractivity contribution in [2.75, 3.05) is 11.5 Å². The van der Waals surface area contributed by atoms with E-state index in [9.17, 15) is 8.42 Å². The van der Waals surface area contributed by atoms with Crippen LogP contribution < -0.4 is 0 Å². The summed E-state index contributed by atoms with van der Waals surface area (Å²) in [4.78, 5) is 4.78. The molecule has 0 amide bonds. The van der Waals surface area contributed by atoms with E-state index in [4.69, 9.17) is 4.98 Å². The Bertz CT molecular complexity index is 1040. The van der Waals surface area contributed by atoms with Crippen LogP contribution in [0.1, 0.15) is 17.8 Å². The van der Waals surface area contributed by atoms with Crippen LogP contribution in [0.25, 0.3) is 17.1 Å². The summed E-state index contributed by atoms with van der Waals surface area (Å²) in [5.74, 6) is 1.75. The number of para-hydroxylation sites is 2. The second-order valence-corrected chi connectivity index (χ2v) is 9.14. The number of hydrogen-bond acceptors (Lipinski definition) is 3. The molecule has 0 aliphatic carbocycles. The van der Waals surface area contributed by atoms with E-state index in [1.54, 1.807) is 0 Å². The molecule has 2 aromatic carbocycles. The maximum Gasteiger partial charge on any atom is 0.150 e. The lowest BCUT2D eigenvalue weighted by Crippen LogP contribution is -2.12. The SMILES string of the molecule is O=S1(=O)CCC(Cc2nc3ccccc3n2C/C=C/c2ccccc2)C1. The van der Waals surface area contributed by atoms with Crippen LogP contribution in [0, 0.1) is 5.92 Å².